The second-order valence-electron chi connectivity index (χ2n) is 4.11. The summed E-state index contributed by atoms with van der Waals surface area (Å²) in [6.45, 7) is 0. The lowest BCUT2D eigenvalue weighted by Gasteiger charge is -2.09. The van der Waals surface area contributed by atoms with E-state index in [9.17, 15) is 0 Å². The Balaban J connectivity index is 2.41. The number of fused-ring (bicyclic) bond motifs is 1. The molecule has 0 saturated carbocycles. The van der Waals surface area contributed by atoms with Crippen LogP contribution in [0.25, 0.3) is 22.0 Å². The molecule has 0 fully saturated rings. The molecule has 0 amide bonds. The van der Waals surface area contributed by atoms with Gasteiger partial charge < -0.3 is 19.6 Å². The van der Waals surface area contributed by atoms with E-state index in [0.717, 1.165) is 27.8 Å². The van der Waals surface area contributed by atoms with E-state index in [4.69, 9.17) is 15.0 Å². The lowest BCUT2D eigenvalue weighted by molar-refractivity contribution is 0.417. The number of nitrogen functional groups attached to an aromatic ring is 1. The number of anilines is 1. The highest BCUT2D eigenvalue weighted by Crippen LogP contribution is 2.39. The first-order valence-electron chi connectivity index (χ1n) is 5.55. The number of rotatable bonds is 2. The lowest BCUT2D eigenvalue weighted by Crippen LogP contribution is -1.92. The molecule has 0 unspecified atom stereocenters. The largest absolute Gasteiger partial charge is 0.496 e. The van der Waals surface area contributed by atoms with Crippen molar-refractivity contribution in [3.63, 3.8) is 0 Å². The molecular formula is C13H13N3O2. The molecule has 0 bridgehead atoms. The van der Waals surface area contributed by atoms with Crippen LogP contribution in [0.5, 0.6) is 5.75 Å². The van der Waals surface area contributed by atoms with E-state index in [0.29, 0.717) is 5.88 Å². The fourth-order valence-corrected chi connectivity index (χ4v) is 2.22. The second-order valence-corrected chi connectivity index (χ2v) is 4.11. The molecular weight excluding hydrogens is 230 g/mol. The van der Waals surface area contributed by atoms with E-state index in [1.54, 1.807) is 13.3 Å². The second kappa shape index (κ2) is 3.80. The molecule has 1 aromatic carbocycles. The van der Waals surface area contributed by atoms with Gasteiger partial charge in [0.05, 0.1) is 18.9 Å². The summed E-state index contributed by atoms with van der Waals surface area (Å²) >= 11 is 0. The van der Waals surface area contributed by atoms with E-state index < -0.39 is 0 Å². The number of ether oxygens (including phenoxy) is 1. The first-order valence-corrected chi connectivity index (χ1v) is 5.55. The van der Waals surface area contributed by atoms with Gasteiger partial charge in [-0.15, -0.1) is 0 Å². The van der Waals surface area contributed by atoms with Crippen molar-refractivity contribution in [2.24, 2.45) is 7.05 Å². The zero-order valence-electron chi connectivity index (χ0n) is 10.2. The predicted molar refractivity (Wildman–Crippen MR) is 69.4 cm³/mol. The average Bonchev–Trinajstić information content (AvgIpc) is 2.95. The van der Waals surface area contributed by atoms with Crippen LogP contribution in [0.3, 0.4) is 0 Å². The Hall–Kier alpha value is -2.43. The van der Waals surface area contributed by atoms with Crippen LogP contribution in [0.2, 0.25) is 0 Å². The Morgan fingerprint density at radius 3 is 2.83 bits per heavy atom. The van der Waals surface area contributed by atoms with Crippen LogP contribution >= 0.6 is 0 Å². The SMILES string of the molecule is COc1ccc2c(ccn2C)c1-c1cnoc1N. The summed E-state index contributed by atoms with van der Waals surface area (Å²) in [4.78, 5) is 0. The first-order chi connectivity index (χ1) is 8.72. The third-order valence-electron chi connectivity index (χ3n) is 3.12. The molecule has 0 radical (unpaired) electrons. The maximum atomic E-state index is 5.80. The molecule has 18 heavy (non-hydrogen) atoms. The normalized spacial score (nSPS) is 11.0. The smallest absolute Gasteiger partial charge is 0.230 e. The van der Waals surface area contributed by atoms with Crippen molar-refractivity contribution >= 4 is 16.8 Å². The summed E-state index contributed by atoms with van der Waals surface area (Å²) < 4.78 is 12.4. The maximum Gasteiger partial charge on any atom is 0.230 e. The fourth-order valence-electron chi connectivity index (χ4n) is 2.22. The van der Waals surface area contributed by atoms with Crippen LogP contribution in [-0.2, 0) is 7.05 Å². The van der Waals surface area contributed by atoms with Crippen LogP contribution in [0.15, 0.2) is 35.1 Å². The Bertz CT molecular complexity index is 712. The summed E-state index contributed by atoms with van der Waals surface area (Å²) in [5.74, 6) is 1.05. The molecule has 0 aliphatic carbocycles. The Kier molecular flexibility index (Phi) is 2.26. The molecule has 92 valence electrons. The monoisotopic (exact) mass is 243 g/mol. The Morgan fingerprint density at radius 1 is 1.33 bits per heavy atom. The average molecular weight is 243 g/mol. The van der Waals surface area contributed by atoms with Crippen LogP contribution in [-0.4, -0.2) is 16.8 Å². The number of benzene rings is 1. The Morgan fingerprint density at radius 2 is 2.17 bits per heavy atom. The van der Waals surface area contributed by atoms with E-state index in [1.807, 2.05) is 36.0 Å². The van der Waals surface area contributed by atoms with Crippen molar-refractivity contribution in [2.75, 3.05) is 12.8 Å². The number of hydrogen-bond donors (Lipinski definition) is 1. The molecule has 5 heteroatoms. The molecule has 0 aliphatic rings. The summed E-state index contributed by atoms with van der Waals surface area (Å²) in [6, 6.07) is 5.96. The van der Waals surface area contributed by atoms with Gasteiger partial charge in [0, 0.05) is 29.7 Å². The van der Waals surface area contributed by atoms with Crippen LogP contribution in [0.4, 0.5) is 5.88 Å². The van der Waals surface area contributed by atoms with E-state index >= 15 is 0 Å². The summed E-state index contributed by atoms with van der Waals surface area (Å²) in [5.41, 5.74) is 8.57. The molecule has 0 saturated heterocycles. The maximum absolute atomic E-state index is 5.80. The van der Waals surface area contributed by atoms with Gasteiger partial charge in [-0.2, -0.15) is 0 Å². The molecule has 3 rings (SSSR count). The molecule has 2 N–H and O–H groups in total. The van der Waals surface area contributed by atoms with Gasteiger partial charge in [0.25, 0.3) is 0 Å². The van der Waals surface area contributed by atoms with Gasteiger partial charge in [-0.25, -0.2) is 0 Å². The van der Waals surface area contributed by atoms with Crippen molar-refractivity contribution in [1.82, 2.24) is 9.72 Å². The molecule has 0 spiro atoms. The van der Waals surface area contributed by atoms with Crippen LogP contribution < -0.4 is 10.5 Å². The van der Waals surface area contributed by atoms with Crippen molar-refractivity contribution in [1.29, 1.82) is 0 Å². The van der Waals surface area contributed by atoms with Gasteiger partial charge in [-0.3, -0.25) is 0 Å². The number of nitrogens with two attached hydrogens (primary N) is 1. The first kappa shape index (κ1) is 10.7. The minimum absolute atomic E-state index is 0.296. The van der Waals surface area contributed by atoms with Crippen molar-refractivity contribution in [2.45, 2.75) is 0 Å². The molecule has 3 aromatic rings. The van der Waals surface area contributed by atoms with E-state index in [-0.39, 0.29) is 0 Å². The van der Waals surface area contributed by atoms with Gasteiger partial charge in [0.15, 0.2) is 0 Å². The van der Waals surface area contributed by atoms with Crippen LogP contribution in [0.1, 0.15) is 0 Å². The predicted octanol–water partition coefficient (Wildman–Crippen LogP) is 2.42. The van der Waals surface area contributed by atoms with Crippen LogP contribution in [0, 0.1) is 0 Å². The molecule has 0 aliphatic heterocycles. The Labute approximate surface area is 104 Å². The van der Waals surface area contributed by atoms with Gasteiger partial charge in [0.2, 0.25) is 5.88 Å². The summed E-state index contributed by atoms with van der Waals surface area (Å²) in [5, 5.41) is 4.79. The molecule has 2 aromatic heterocycles. The lowest BCUT2D eigenvalue weighted by atomic mass is 10.0. The summed E-state index contributed by atoms with van der Waals surface area (Å²) in [6.07, 6.45) is 3.61. The zero-order chi connectivity index (χ0) is 12.7. The minimum Gasteiger partial charge on any atom is -0.496 e. The molecule has 0 atom stereocenters. The van der Waals surface area contributed by atoms with Gasteiger partial charge >= 0.3 is 0 Å². The van der Waals surface area contributed by atoms with Crippen molar-refractivity contribution < 1.29 is 9.26 Å². The topological polar surface area (TPSA) is 66.2 Å². The number of aromatic nitrogens is 2. The zero-order valence-corrected chi connectivity index (χ0v) is 10.2. The third-order valence-corrected chi connectivity index (χ3v) is 3.12. The quantitative estimate of drug-likeness (QED) is 0.750. The van der Waals surface area contributed by atoms with Gasteiger partial charge in [0.1, 0.15) is 5.75 Å². The minimum atomic E-state index is 0.296. The van der Waals surface area contributed by atoms with Gasteiger partial charge in [-0.05, 0) is 18.2 Å². The van der Waals surface area contributed by atoms with Crippen molar-refractivity contribution in [3.8, 4) is 16.9 Å². The highest BCUT2D eigenvalue weighted by Gasteiger charge is 2.17. The number of nitrogens with zero attached hydrogens (tertiary/aromatic N) is 2. The third kappa shape index (κ3) is 1.37. The fraction of sp³-hybridized carbons (Fsp3) is 0.154. The summed E-state index contributed by atoms with van der Waals surface area (Å²) in [7, 11) is 3.63. The standard InChI is InChI=1S/C13H13N3O2/c1-16-6-5-8-10(16)3-4-11(17-2)12(8)9-7-15-18-13(9)14/h3-7H,14H2,1-2H3. The highest BCUT2D eigenvalue weighted by molar-refractivity contribution is 6.00. The number of hydrogen-bond acceptors (Lipinski definition) is 4. The number of methoxy groups -OCH3 is 1. The van der Waals surface area contributed by atoms with E-state index in [2.05, 4.69) is 5.16 Å². The van der Waals surface area contributed by atoms with E-state index in [1.165, 1.54) is 0 Å². The molecule has 2 heterocycles. The highest BCUT2D eigenvalue weighted by atomic mass is 16.5. The molecule has 5 nitrogen and oxygen atoms in total. The number of aryl methyl sites for hydroxylation is 1. The van der Waals surface area contributed by atoms with Crippen molar-refractivity contribution in [3.05, 3.63) is 30.6 Å². The van der Waals surface area contributed by atoms with Gasteiger partial charge in [-0.1, -0.05) is 5.16 Å².